The maximum atomic E-state index is 10.2. The zero-order valence-corrected chi connectivity index (χ0v) is 19.8. The largest absolute Gasteiger partial charge is 0.506 e. The van der Waals surface area contributed by atoms with E-state index in [1.807, 2.05) is 48.5 Å². The van der Waals surface area contributed by atoms with Crippen LogP contribution in [0.3, 0.4) is 0 Å². The zero-order valence-electron chi connectivity index (χ0n) is 15.5. The summed E-state index contributed by atoms with van der Waals surface area (Å²) in [5.41, 5.74) is 3.82. The van der Waals surface area contributed by atoms with Gasteiger partial charge >= 0.3 is 0 Å². The van der Waals surface area contributed by atoms with E-state index in [1.54, 1.807) is 6.21 Å². The molecule has 30 heavy (non-hydrogen) atoms. The summed E-state index contributed by atoms with van der Waals surface area (Å²) in [6, 6.07) is 23.8. The van der Waals surface area contributed by atoms with Gasteiger partial charge in [-0.15, -0.1) is 0 Å². The highest BCUT2D eigenvalue weighted by molar-refractivity contribution is 14.1. The summed E-state index contributed by atoms with van der Waals surface area (Å²) in [5, 5.41) is 12.6. The molecule has 0 unspecified atom stereocenters. The fourth-order valence-corrected chi connectivity index (χ4v) is 5.16. The Morgan fingerprint density at radius 2 is 1.73 bits per heavy atom. The molecule has 0 aliphatic carbocycles. The maximum absolute atomic E-state index is 10.2. The number of oxazole rings is 1. The van der Waals surface area contributed by atoms with Crippen LogP contribution in [-0.2, 0) is 0 Å². The number of nitrogens with zero attached hydrogens (tertiary/aromatic N) is 2. The molecule has 4 nitrogen and oxygen atoms in total. The van der Waals surface area contributed by atoms with Crippen LogP contribution in [0.5, 0.6) is 5.75 Å². The Morgan fingerprint density at radius 1 is 0.900 bits per heavy atom. The van der Waals surface area contributed by atoms with Crippen LogP contribution in [0.2, 0.25) is 0 Å². The summed E-state index contributed by atoms with van der Waals surface area (Å²) < 4.78 is 7.81. The van der Waals surface area contributed by atoms with E-state index in [1.165, 1.54) is 5.39 Å². The molecule has 0 saturated heterocycles. The number of rotatable bonds is 3. The molecule has 0 aliphatic heterocycles. The fourth-order valence-electron chi connectivity index (χ4n) is 3.27. The number of phenols is 1. The van der Waals surface area contributed by atoms with E-state index in [4.69, 9.17) is 4.42 Å². The smallest absolute Gasteiger partial charge is 0.227 e. The van der Waals surface area contributed by atoms with E-state index in [0.29, 0.717) is 17.0 Å². The Hall–Kier alpha value is -2.46. The Labute approximate surface area is 200 Å². The first-order valence-corrected chi connectivity index (χ1v) is 11.3. The molecule has 5 aromatic rings. The van der Waals surface area contributed by atoms with Crippen LogP contribution < -0.4 is 0 Å². The summed E-state index contributed by atoms with van der Waals surface area (Å²) in [7, 11) is 0. The molecule has 4 aromatic carbocycles. The lowest BCUT2D eigenvalue weighted by molar-refractivity contribution is 0.470. The van der Waals surface area contributed by atoms with Gasteiger partial charge in [-0.1, -0.05) is 30.3 Å². The van der Waals surface area contributed by atoms with Gasteiger partial charge in [0.05, 0.1) is 9.26 Å². The SMILES string of the molecule is Oc1c(I)cc(I)cc1C=Nc1ccc2oc(-c3ccc4ccccc4c3)nc2c1. The standard InChI is InChI=1S/C24H14I2N2O2/c25-18-10-17(23(29)20(26)11-18)13-27-19-7-8-22-21(12-19)28-24(30-22)16-6-5-14-3-1-2-4-15(14)9-16/h1-13,29H. The molecular formula is C24H14I2N2O2. The number of halogens is 2. The molecule has 0 fully saturated rings. The average Bonchev–Trinajstić information content (AvgIpc) is 3.18. The van der Waals surface area contributed by atoms with Crippen molar-refractivity contribution in [3.63, 3.8) is 0 Å². The first-order valence-electron chi connectivity index (χ1n) is 9.19. The Morgan fingerprint density at radius 3 is 2.60 bits per heavy atom. The lowest BCUT2D eigenvalue weighted by Crippen LogP contribution is -1.87. The molecule has 0 amide bonds. The third-order valence-electron chi connectivity index (χ3n) is 4.78. The van der Waals surface area contributed by atoms with E-state index in [9.17, 15) is 5.11 Å². The predicted octanol–water partition coefficient (Wildman–Crippen LogP) is 7.31. The molecule has 0 atom stereocenters. The number of aromatic nitrogens is 1. The van der Waals surface area contributed by atoms with Crippen LogP contribution in [-0.4, -0.2) is 16.3 Å². The van der Waals surface area contributed by atoms with Crippen molar-refractivity contribution in [1.29, 1.82) is 0 Å². The van der Waals surface area contributed by atoms with Crippen molar-refractivity contribution >= 4 is 79.0 Å². The zero-order chi connectivity index (χ0) is 20.7. The maximum Gasteiger partial charge on any atom is 0.227 e. The normalized spacial score (nSPS) is 11.7. The molecule has 146 valence electrons. The van der Waals surface area contributed by atoms with Crippen molar-refractivity contribution in [2.75, 3.05) is 0 Å². The lowest BCUT2D eigenvalue weighted by atomic mass is 10.1. The molecule has 0 aliphatic rings. The van der Waals surface area contributed by atoms with Gasteiger partial charge in [0.15, 0.2) is 5.58 Å². The van der Waals surface area contributed by atoms with Crippen molar-refractivity contribution in [1.82, 2.24) is 4.98 Å². The topological polar surface area (TPSA) is 58.6 Å². The van der Waals surface area contributed by atoms with E-state index in [0.717, 1.165) is 29.3 Å². The van der Waals surface area contributed by atoms with E-state index in [-0.39, 0.29) is 5.75 Å². The van der Waals surface area contributed by atoms with Crippen LogP contribution in [0.25, 0.3) is 33.3 Å². The summed E-state index contributed by atoms with van der Waals surface area (Å²) in [6.45, 7) is 0. The highest BCUT2D eigenvalue weighted by Gasteiger charge is 2.10. The number of aliphatic imine (C=N–C) groups is 1. The van der Waals surface area contributed by atoms with Crippen LogP contribution in [0.1, 0.15) is 5.56 Å². The van der Waals surface area contributed by atoms with Crippen LogP contribution in [0.15, 0.2) is 82.2 Å². The monoisotopic (exact) mass is 616 g/mol. The summed E-state index contributed by atoms with van der Waals surface area (Å²) >= 11 is 4.34. The van der Waals surface area contributed by atoms with E-state index >= 15 is 0 Å². The molecule has 0 radical (unpaired) electrons. The summed E-state index contributed by atoms with van der Waals surface area (Å²) in [5.74, 6) is 0.822. The molecule has 1 heterocycles. The highest BCUT2D eigenvalue weighted by atomic mass is 127. The van der Waals surface area contributed by atoms with Crippen LogP contribution >= 0.6 is 45.2 Å². The second-order valence-electron chi connectivity index (χ2n) is 6.82. The Bertz CT molecular complexity index is 1440. The average molecular weight is 616 g/mol. The third kappa shape index (κ3) is 3.81. The van der Waals surface area contributed by atoms with Gasteiger partial charge in [-0.25, -0.2) is 4.98 Å². The number of hydrogen-bond acceptors (Lipinski definition) is 4. The van der Waals surface area contributed by atoms with Crippen molar-refractivity contribution < 1.29 is 9.52 Å². The second-order valence-corrected chi connectivity index (χ2v) is 9.22. The Balaban J connectivity index is 1.49. The van der Waals surface area contributed by atoms with Gasteiger partial charge in [-0.2, -0.15) is 0 Å². The molecule has 1 N–H and O–H groups in total. The van der Waals surface area contributed by atoms with Gasteiger partial charge in [0, 0.05) is 20.9 Å². The highest BCUT2D eigenvalue weighted by Crippen LogP contribution is 2.30. The number of phenolic OH excluding ortho intramolecular Hbond substituents is 1. The molecule has 0 bridgehead atoms. The predicted molar refractivity (Wildman–Crippen MR) is 138 cm³/mol. The quantitative estimate of drug-likeness (QED) is 0.171. The number of benzene rings is 4. The van der Waals surface area contributed by atoms with Gasteiger partial charge in [0.1, 0.15) is 11.3 Å². The molecule has 5 rings (SSSR count). The number of hydrogen-bond donors (Lipinski definition) is 1. The van der Waals surface area contributed by atoms with Crippen molar-refractivity contribution in [3.05, 3.63) is 85.5 Å². The molecule has 1 aromatic heterocycles. The number of aromatic hydroxyl groups is 1. The minimum Gasteiger partial charge on any atom is -0.506 e. The van der Waals surface area contributed by atoms with Crippen molar-refractivity contribution in [3.8, 4) is 17.2 Å². The Kier molecular flexibility index (Phi) is 5.20. The minimum absolute atomic E-state index is 0.237. The molecule has 0 saturated carbocycles. The first kappa shape index (κ1) is 19.5. The van der Waals surface area contributed by atoms with E-state index in [2.05, 4.69) is 79.4 Å². The van der Waals surface area contributed by atoms with Gasteiger partial charge in [-0.05, 0) is 98.4 Å². The summed E-state index contributed by atoms with van der Waals surface area (Å²) in [4.78, 5) is 9.18. The fraction of sp³-hybridized carbons (Fsp3) is 0. The van der Waals surface area contributed by atoms with Gasteiger partial charge in [-0.3, -0.25) is 4.99 Å². The number of fused-ring (bicyclic) bond motifs is 2. The second kappa shape index (κ2) is 7.99. The summed E-state index contributed by atoms with van der Waals surface area (Å²) in [6.07, 6.45) is 1.67. The molecule has 6 heteroatoms. The van der Waals surface area contributed by atoms with Crippen molar-refractivity contribution in [2.45, 2.75) is 0 Å². The first-order chi connectivity index (χ1) is 14.6. The lowest BCUT2D eigenvalue weighted by Gasteiger charge is -2.02. The van der Waals surface area contributed by atoms with Crippen LogP contribution in [0.4, 0.5) is 5.69 Å². The minimum atomic E-state index is 0.237. The third-order valence-corrected chi connectivity index (χ3v) is 6.22. The molecular weight excluding hydrogens is 602 g/mol. The van der Waals surface area contributed by atoms with Crippen LogP contribution in [0, 0.1) is 7.14 Å². The van der Waals surface area contributed by atoms with E-state index < -0.39 is 0 Å². The molecule has 0 spiro atoms. The van der Waals surface area contributed by atoms with Gasteiger partial charge in [0.25, 0.3) is 0 Å². The van der Waals surface area contributed by atoms with Crippen molar-refractivity contribution in [2.24, 2.45) is 4.99 Å². The van der Waals surface area contributed by atoms with Gasteiger partial charge in [0.2, 0.25) is 5.89 Å². The van der Waals surface area contributed by atoms with Gasteiger partial charge < -0.3 is 9.52 Å².